The lowest BCUT2D eigenvalue weighted by atomic mass is 9.85. The van der Waals surface area contributed by atoms with Gasteiger partial charge in [0.15, 0.2) is 0 Å². The van der Waals surface area contributed by atoms with Gasteiger partial charge in [0.25, 0.3) is 0 Å². The van der Waals surface area contributed by atoms with E-state index in [1.807, 2.05) is 0 Å². The molecule has 1 unspecified atom stereocenters. The second-order valence-corrected chi connectivity index (χ2v) is 6.21. The molecule has 0 amide bonds. The van der Waals surface area contributed by atoms with Crippen molar-refractivity contribution in [2.45, 2.75) is 53.0 Å². The summed E-state index contributed by atoms with van der Waals surface area (Å²) >= 11 is 0. The highest BCUT2D eigenvalue weighted by Gasteiger charge is 2.22. The van der Waals surface area contributed by atoms with Gasteiger partial charge in [-0.1, -0.05) is 24.6 Å². The number of aryl methyl sites for hydroxylation is 3. The van der Waals surface area contributed by atoms with Gasteiger partial charge >= 0.3 is 0 Å². The van der Waals surface area contributed by atoms with E-state index in [1.54, 1.807) is 0 Å². The van der Waals surface area contributed by atoms with Crippen LogP contribution in [0.25, 0.3) is 0 Å². The Labute approximate surface area is 123 Å². The third-order valence-corrected chi connectivity index (χ3v) is 4.45. The highest BCUT2D eigenvalue weighted by atomic mass is 16.5. The maximum Gasteiger partial charge on any atom is 0.0468 e. The van der Waals surface area contributed by atoms with E-state index < -0.39 is 0 Å². The first-order valence-electron chi connectivity index (χ1n) is 8.00. The number of ether oxygens (including phenoxy) is 1. The molecule has 112 valence electrons. The Bertz CT molecular complexity index is 412. The van der Waals surface area contributed by atoms with E-state index >= 15 is 0 Å². The zero-order valence-electron chi connectivity index (χ0n) is 13.5. The molecular weight excluding hydrogens is 246 g/mol. The summed E-state index contributed by atoms with van der Waals surface area (Å²) in [7, 11) is 0. The molecule has 1 atom stereocenters. The number of nitrogens with one attached hydrogen (secondary N) is 1. The summed E-state index contributed by atoms with van der Waals surface area (Å²) in [4.78, 5) is 0. The third-order valence-electron chi connectivity index (χ3n) is 4.45. The molecule has 2 heteroatoms. The van der Waals surface area contributed by atoms with Crippen molar-refractivity contribution >= 4 is 0 Å². The van der Waals surface area contributed by atoms with Crippen molar-refractivity contribution < 1.29 is 4.74 Å². The summed E-state index contributed by atoms with van der Waals surface area (Å²) in [5, 5.41) is 3.71. The maximum absolute atomic E-state index is 5.49. The third kappa shape index (κ3) is 3.83. The number of hydrogen-bond acceptors (Lipinski definition) is 2. The van der Waals surface area contributed by atoms with Crippen molar-refractivity contribution in [3.63, 3.8) is 0 Å². The zero-order chi connectivity index (χ0) is 14.5. The minimum Gasteiger partial charge on any atom is -0.381 e. The summed E-state index contributed by atoms with van der Waals surface area (Å²) in [6.07, 6.45) is 3.67. The van der Waals surface area contributed by atoms with Crippen LogP contribution in [-0.2, 0) is 4.74 Å². The summed E-state index contributed by atoms with van der Waals surface area (Å²) in [5.74, 6) is 0.799. The topological polar surface area (TPSA) is 21.3 Å². The molecule has 1 fully saturated rings. The fourth-order valence-electron chi connectivity index (χ4n) is 3.61. The van der Waals surface area contributed by atoms with E-state index in [2.05, 4.69) is 45.1 Å². The second kappa shape index (κ2) is 7.24. The van der Waals surface area contributed by atoms with Gasteiger partial charge in [-0.2, -0.15) is 0 Å². The summed E-state index contributed by atoms with van der Waals surface area (Å²) in [5.41, 5.74) is 5.75. The van der Waals surface area contributed by atoms with Crippen LogP contribution in [-0.4, -0.2) is 19.8 Å². The smallest absolute Gasteiger partial charge is 0.0468 e. The van der Waals surface area contributed by atoms with Crippen molar-refractivity contribution in [1.29, 1.82) is 0 Å². The van der Waals surface area contributed by atoms with Crippen LogP contribution in [0.5, 0.6) is 0 Å². The fourth-order valence-corrected chi connectivity index (χ4v) is 3.61. The predicted molar refractivity (Wildman–Crippen MR) is 85.2 cm³/mol. The second-order valence-electron chi connectivity index (χ2n) is 6.21. The minimum absolute atomic E-state index is 0.490. The average molecular weight is 275 g/mol. The molecular formula is C18H29NO. The van der Waals surface area contributed by atoms with Crippen molar-refractivity contribution in [2.75, 3.05) is 19.8 Å². The molecule has 2 nitrogen and oxygen atoms in total. The average Bonchev–Trinajstić information content (AvgIpc) is 2.39. The van der Waals surface area contributed by atoms with Crippen LogP contribution >= 0.6 is 0 Å². The van der Waals surface area contributed by atoms with Crippen LogP contribution in [0.3, 0.4) is 0 Å². The van der Waals surface area contributed by atoms with E-state index in [0.717, 1.165) is 25.7 Å². The lowest BCUT2D eigenvalue weighted by Gasteiger charge is -2.29. The number of rotatable bonds is 5. The highest BCUT2D eigenvalue weighted by molar-refractivity contribution is 5.39. The van der Waals surface area contributed by atoms with Crippen LogP contribution in [0.15, 0.2) is 12.1 Å². The molecule has 1 aromatic carbocycles. The Morgan fingerprint density at radius 2 is 1.75 bits per heavy atom. The summed E-state index contributed by atoms with van der Waals surface area (Å²) < 4.78 is 5.49. The Balaban J connectivity index is 2.19. The van der Waals surface area contributed by atoms with Gasteiger partial charge in [-0.05, 0) is 69.2 Å². The number of benzene rings is 1. The maximum atomic E-state index is 5.49. The monoisotopic (exact) mass is 275 g/mol. The van der Waals surface area contributed by atoms with Crippen LogP contribution in [0.1, 0.15) is 54.5 Å². The molecule has 1 aliphatic heterocycles. The first-order chi connectivity index (χ1) is 9.61. The lowest BCUT2D eigenvalue weighted by Crippen LogP contribution is -2.27. The lowest BCUT2D eigenvalue weighted by molar-refractivity contribution is 0.0605. The molecule has 2 rings (SSSR count). The molecule has 0 bridgehead atoms. The molecule has 0 aromatic heterocycles. The molecule has 0 saturated carbocycles. The van der Waals surface area contributed by atoms with Gasteiger partial charge in [0, 0.05) is 19.3 Å². The Morgan fingerprint density at radius 3 is 2.30 bits per heavy atom. The van der Waals surface area contributed by atoms with Gasteiger partial charge in [-0.15, -0.1) is 0 Å². The van der Waals surface area contributed by atoms with Gasteiger partial charge in [-0.25, -0.2) is 0 Å². The van der Waals surface area contributed by atoms with Crippen molar-refractivity contribution in [3.8, 4) is 0 Å². The SMILES string of the molecule is CCNC(CC1CCOCC1)c1c(C)cc(C)cc1C. The van der Waals surface area contributed by atoms with Crippen LogP contribution < -0.4 is 5.32 Å². The minimum atomic E-state index is 0.490. The van der Waals surface area contributed by atoms with Gasteiger partial charge < -0.3 is 10.1 Å². The molecule has 1 saturated heterocycles. The molecule has 0 spiro atoms. The standard InChI is InChI=1S/C18H29NO/c1-5-19-17(12-16-6-8-20-9-7-16)18-14(3)10-13(2)11-15(18)4/h10-11,16-17,19H,5-9,12H2,1-4H3. The van der Waals surface area contributed by atoms with Crippen LogP contribution in [0.4, 0.5) is 0 Å². The largest absolute Gasteiger partial charge is 0.381 e. The molecule has 1 aliphatic rings. The molecule has 1 heterocycles. The highest BCUT2D eigenvalue weighted by Crippen LogP contribution is 2.31. The molecule has 1 N–H and O–H groups in total. The van der Waals surface area contributed by atoms with Gasteiger partial charge in [0.05, 0.1) is 0 Å². The van der Waals surface area contributed by atoms with E-state index in [-0.39, 0.29) is 0 Å². The Morgan fingerprint density at radius 1 is 1.15 bits per heavy atom. The summed E-state index contributed by atoms with van der Waals surface area (Å²) in [6, 6.07) is 5.12. The zero-order valence-corrected chi connectivity index (χ0v) is 13.5. The molecule has 0 aliphatic carbocycles. The Kier molecular flexibility index (Phi) is 5.62. The van der Waals surface area contributed by atoms with E-state index in [0.29, 0.717) is 6.04 Å². The molecule has 20 heavy (non-hydrogen) atoms. The first kappa shape index (κ1) is 15.5. The van der Waals surface area contributed by atoms with E-state index in [9.17, 15) is 0 Å². The first-order valence-corrected chi connectivity index (χ1v) is 8.00. The van der Waals surface area contributed by atoms with E-state index in [1.165, 1.54) is 41.5 Å². The van der Waals surface area contributed by atoms with Crippen molar-refractivity contribution in [3.05, 3.63) is 34.4 Å². The molecule has 0 radical (unpaired) electrons. The summed E-state index contributed by atoms with van der Waals surface area (Å²) in [6.45, 7) is 11.8. The predicted octanol–water partition coefficient (Wildman–Crippen LogP) is 4.08. The molecule has 1 aromatic rings. The fraction of sp³-hybridized carbons (Fsp3) is 0.667. The Hall–Kier alpha value is -0.860. The van der Waals surface area contributed by atoms with Crippen LogP contribution in [0, 0.1) is 26.7 Å². The van der Waals surface area contributed by atoms with Gasteiger partial charge in [0.2, 0.25) is 0 Å². The normalized spacial score (nSPS) is 18.2. The van der Waals surface area contributed by atoms with Crippen LogP contribution in [0.2, 0.25) is 0 Å². The van der Waals surface area contributed by atoms with Gasteiger partial charge in [0.1, 0.15) is 0 Å². The van der Waals surface area contributed by atoms with Crippen molar-refractivity contribution in [2.24, 2.45) is 5.92 Å². The number of hydrogen-bond donors (Lipinski definition) is 1. The van der Waals surface area contributed by atoms with Crippen molar-refractivity contribution in [1.82, 2.24) is 5.32 Å². The van der Waals surface area contributed by atoms with Gasteiger partial charge in [-0.3, -0.25) is 0 Å². The quantitative estimate of drug-likeness (QED) is 0.874. The van der Waals surface area contributed by atoms with E-state index in [4.69, 9.17) is 4.74 Å².